The fraction of sp³-hybridized carbons (Fsp3) is 0.750. The van der Waals surface area contributed by atoms with Crippen molar-refractivity contribution < 1.29 is 0 Å². The van der Waals surface area contributed by atoms with Gasteiger partial charge in [0.25, 0.3) is 5.56 Å². The van der Waals surface area contributed by atoms with Crippen LogP contribution in [0.1, 0.15) is 64.6 Å². The van der Waals surface area contributed by atoms with Crippen LogP contribution in [-0.4, -0.2) is 20.1 Å². The summed E-state index contributed by atoms with van der Waals surface area (Å²) in [7, 11) is 0. The van der Waals surface area contributed by atoms with Gasteiger partial charge in [-0.3, -0.25) is 9.36 Å². The van der Waals surface area contributed by atoms with Crippen molar-refractivity contribution in [1.82, 2.24) is 9.55 Å². The Morgan fingerprint density at radius 1 is 1.29 bits per heavy atom. The van der Waals surface area contributed by atoms with Crippen LogP contribution in [0.3, 0.4) is 0 Å². The summed E-state index contributed by atoms with van der Waals surface area (Å²) in [6.45, 7) is 6.53. The molecule has 1 aliphatic carbocycles. The van der Waals surface area contributed by atoms with Gasteiger partial charge >= 0.3 is 0 Å². The molecule has 1 aromatic heterocycles. The van der Waals surface area contributed by atoms with Crippen molar-refractivity contribution in [2.24, 2.45) is 0 Å². The van der Waals surface area contributed by atoms with E-state index in [9.17, 15) is 4.79 Å². The highest BCUT2D eigenvalue weighted by Gasteiger charge is 2.29. The first-order valence-corrected chi connectivity index (χ1v) is 9.81. The van der Waals surface area contributed by atoms with Crippen LogP contribution in [-0.2, 0) is 6.42 Å². The fourth-order valence-electron chi connectivity index (χ4n) is 3.27. The molecule has 0 N–H and O–H groups in total. The number of rotatable bonds is 3. The van der Waals surface area contributed by atoms with Crippen molar-refractivity contribution in [3.63, 3.8) is 0 Å². The molecule has 1 unspecified atom stereocenters. The normalized spacial score (nSPS) is 22.8. The van der Waals surface area contributed by atoms with Crippen molar-refractivity contribution in [1.29, 1.82) is 0 Å². The molecule has 1 atom stereocenters. The average Bonchev–Trinajstić information content (AvgIpc) is 2.80. The van der Waals surface area contributed by atoms with E-state index < -0.39 is 0 Å². The minimum atomic E-state index is 0.226. The van der Waals surface area contributed by atoms with Crippen LogP contribution in [0.15, 0.2) is 14.8 Å². The quantitative estimate of drug-likeness (QED) is 0.614. The van der Waals surface area contributed by atoms with Crippen LogP contribution in [0, 0.1) is 0 Å². The topological polar surface area (TPSA) is 34.9 Å². The minimum absolute atomic E-state index is 0.226. The lowest BCUT2D eigenvalue weighted by molar-refractivity contribution is 0.320. The highest BCUT2D eigenvalue weighted by atomic mass is 32.2. The van der Waals surface area contributed by atoms with Crippen molar-refractivity contribution >= 4 is 23.5 Å². The summed E-state index contributed by atoms with van der Waals surface area (Å²) in [5.74, 6) is 0. The Balaban J connectivity index is 2.06. The van der Waals surface area contributed by atoms with Gasteiger partial charge in [0.15, 0.2) is 5.16 Å². The van der Waals surface area contributed by atoms with Crippen molar-refractivity contribution in [3.05, 3.63) is 16.0 Å². The number of thioether (sulfide) groups is 2. The molecule has 1 fully saturated rings. The molecule has 0 amide bonds. The van der Waals surface area contributed by atoms with E-state index in [0.717, 1.165) is 35.0 Å². The predicted molar refractivity (Wildman–Crippen MR) is 90.6 cm³/mol. The second-order valence-corrected chi connectivity index (χ2v) is 9.43. The number of aromatic nitrogens is 2. The zero-order valence-electron chi connectivity index (χ0n) is 13.1. The molecular weight excluding hydrogens is 300 g/mol. The minimum Gasteiger partial charge on any atom is -0.284 e. The van der Waals surface area contributed by atoms with E-state index >= 15 is 0 Å². The van der Waals surface area contributed by atoms with E-state index in [2.05, 4.69) is 20.8 Å². The van der Waals surface area contributed by atoms with Crippen molar-refractivity contribution in [3.8, 4) is 0 Å². The van der Waals surface area contributed by atoms with Crippen LogP contribution >= 0.6 is 23.5 Å². The van der Waals surface area contributed by atoms with Gasteiger partial charge in [-0.1, -0.05) is 51.8 Å². The highest BCUT2D eigenvalue weighted by Crippen LogP contribution is 2.37. The molecule has 3 rings (SSSR count). The van der Waals surface area contributed by atoms with Gasteiger partial charge in [0.2, 0.25) is 0 Å². The molecule has 2 heterocycles. The second kappa shape index (κ2) is 6.37. The zero-order chi connectivity index (χ0) is 15.0. The first kappa shape index (κ1) is 15.5. The maximum atomic E-state index is 13.0. The predicted octanol–water partition coefficient (Wildman–Crippen LogP) is 4.29. The molecule has 1 aliphatic heterocycles. The maximum Gasteiger partial charge on any atom is 0.268 e. The number of hydrogen-bond donors (Lipinski definition) is 0. The van der Waals surface area contributed by atoms with Gasteiger partial charge in [0.1, 0.15) is 0 Å². The van der Waals surface area contributed by atoms with Crippen molar-refractivity contribution in [2.45, 2.75) is 85.9 Å². The van der Waals surface area contributed by atoms with Crippen LogP contribution in [0.4, 0.5) is 0 Å². The SMILES string of the molecule is CC(C)Sc1nc2c(c(=O)n1C1CCCCC1)SC(C)C2. The Hall–Kier alpha value is -0.420. The molecule has 0 aromatic carbocycles. The first-order chi connectivity index (χ1) is 10.1. The summed E-state index contributed by atoms with van der Waals surface area (Å²) < 4.78 is 2.04. The number of hydrogen-bond acceptors (Lipinski definition) is 4. The lowest BCUT2D eigenvalue weighted by atomic mass is 9.95. The Bertz CT molecular complexity index is 576. The van der Waals surface area contributed by atoms with E-state index in [-0.39, 0.29) is 5.56 Å². The van der Waals surface area contributed by atoms with Gasteiger partial charge in [0.05, 0.1) is 10.6 Å². The Kier molecular flexibility index (Phi) is 4.69. The maximum absolute atomic E-state index is 13.0. The second-order valence-electron chi connectivity index (χ2n) is 6.44. The molecule has 0 saturated heterocycles. The van der Waals surface area contributed by atoms with E-state index in [0.29, 0.717) is 16.5 Å². The summed E-state index contributed by atoms with van der Waals surface area (Å²) >= 11 is 3.46. The molecule has 2 aliphatic rings. The fourth-order valence-corrected chi connectivity index (χ4v) is 5.30. The zero-order valence-corrected chi connectivity index (χ0v) is 14.7. The summed E-state index contributed by atoms with van der Waals surface area (Å²) in [6, 6.07) is 0.363. The smallest absolute Gasteiger partial charge is 0.268 e. The molecule has 0 spiro atoms. The Labute approximate surface area is 135 Å². The summed E-state index contributed by atoms with van der Waals surface area (Å²) in [5, 5.41) is 1.89. The third-order valence-electron chi connectivity index (χ3n) is 4.19. The molecule has 0 bridgehead atoms. The largest absolute Gasteiger partial charge is 0.284 e. The van der Waals surface area contributed by atoms with Gasteiger partial charge in [-0.2, -0.15) is 0 Å². The van der Waals surface area contributed by atoms with Crippen LogP contribution in [0.5, 0.6) is 0 Å². The van der Waals surface area contributed by atoms with E-state index in [1.807, 2.05) is 4.57 Å². The van der Waals surface area contributed by atoms with Crippen LogP contribution in [0.2, 0.25) is 0 Å². The summed E-state index contributed by atoms with van der Waals surface area (Å²) in [4.78, 5) is 18.8. The van der Waals surface area contributed by atoms with Gasteiger partial charge in [-0.25, -0.2) is 4.98 Å². The van der Waals surface area contributed by atoms with Crippen LogP contribution < -0.4 is 5.56 Å². The third kappa shape index (κ3) is 3.19. The Morgan fingerprint density at radius 3 is 2.67 bits per heavy atom. The van der Waals surface area contributed by atoms with Gasteiger partial charge in [-0.15, -0.1) is 11.8 Å². The van der Waals surface area contributed by atoms with Gasteiger partial charge in [0, 0.05) is 23.0 Å². The van der Waals surface area contributed by atoms with Gasteiger partial charge in [-0.05, 0) is 12.8 Å². The molecule has 5 heteroatoms. The molecule has 1 aromatic rings. The molecular formula is C16H24N2OS2. The molecule has 116 valence electrons. The summed E-state index contributed by atoms with van der Waals surface area (Å²) in [5.41, 5.74) is 1.26. The molecule has 3 nitrogen and oxygen atoms in total. The van der Waals surface area contributed by atoms with Crippen molar-refractivity contribution in [2.75, 3.05) is 0 Å². The number of nitrogens with zero attached hydrogens (tertiary/aromatic N) is 2. The van der Waals surface area contributed by atoms with E-state index in [1.165, 1.54) is 19.3 Å². The summed E-state index contributed by atoms with van der Waals surface area (Å²) in [6.07, 6.45) is 6.99. The third-order valence-corrected chi connectivity index (χ3v) is 6.38. The lowest BCUT2D eigenvalue weighted by Crippen LogP contribution is -2.30. The monoisotopic (exact) mass is 324 g/mol. The standard InChI is InChI=1S/C16H24N2OS2/c1-10(2)20-16-17-13-9-11(3)21-14(13)15(19)18(16)12-7-5-4-6-8-12/h10-12H,4-9H2,1-3H3. The molecule has 21 heavy (non-hydrogen) atoms. The van der Waals surface area contributed by atoms with E-state index in [1.54, 1.807) is 23.5 Å². The van der Waals surface area contributed by atoms with Crippen LogP contribution in [0.25, 0.3) is 0 Å². The molecule has 1 saturated carbocycles. The molecule has 0 radical (unpaired) electrons. The first-order valence-electron chi connectivity index (χ1n) is 8.05. The lowest BCUT2D eigenvalue weighted by Gasteiger charge is -2.26. The average molecular weight is 325 g/mol. The Morgan fingerprint density at radius 2 is 2.00 bits per heavy atom. The highest BCUT2D eigenvalue weighted by molar-refractivity contribution is 8.00. The van der Waals surface area contributed by atoms with E-state index in [4.69, 9.17) is 4.98 Å². The van der Waals surface area contributed by atoms with Gasteiger partial charge < -0.3 is 0 Å². The number of fused-ring (bicyclic) bond motifs is 1.